The normalized spacial score (nSPS) is 17.3. The van der Waals surface area contributed by atoms with Crippen LogP contribution in [0.15, 0.2) is 24.3 Å². The predicted octanol–water partition coefficient (Wildman–Crippen LogP) is 2.56. The van der Waals surface area contributed by atoms with E-state index < -0.39 is 11.6 Å². The summed E-state index contributed by atoms with van der Waals surface area (Å²) in [6, 6.07) is 6.73. The van der Waals surface area contributed by atoms with Crippen molar-refractivity contribution in [2.24, 2.45) is 5.92 Å². The number of aliphatic hydroxyl groups is 1. The topological polar surface area (TPSA) is 78.4 Å². The fourth-order valence-electron chi connectivity index (χ4n) is 3.35. The van der Waals surface area contributed by atoms with Gasteiger partial charge in [0.2, 0.25) is 5.91 Å². The molecule has 1 atom stereocenters. The van der Waals surface area contributed by atoms with E-state index >= 15 is 0 Å². The van der Waals surface area contributed by atoms with Gasteiger partial charge < -0.3 is 15.7 Å². The van der Waals surface area contributed by atoms with Gasteiger partial charge in [0.25, 0.3) is 5.91 Å². The van der Waals surface area contributed by atoms with Crippen LogP contribution in [0.5, 0.6) is 0 Å². The Morgan fingerprint density at radius 3 is 2.44 bits per heavy atom. The molecule has 0 radical (unpaired) electrons. The maximum atomic E-state index is 12.6. The highest BCUT2D eigenvalue weighted by Gasteiger charge is 2.32. The molecule has 3 N–H and O–H groups in total. The molecule has 138 valence electrons. The first-order valence-electron chi connectivity index (χ1n) is 9.17. The molecule has 5 nitrogen and oxygen atoms in total. The van der Waals surface area contributed by atoms with Crippen molar-refractivity contribution < 1.29 is 14.7 Å². The van der Waals surface area contributed by atoms with E-state index in [4.69, 9.17) is 0 Å². The predicted molar refractivity (Wildman–Crippen MR) is 98.3 cm³/mol. The third-order valence-electron chi connectivity index (χ3n) is 4.84. The molecule has 1 fully saturated rings. The molecule has 5 heteroatoms. The van der Waals surface area contributed by atoms with Gasteiger partial charge in [-0.05, 0) is 43.7 Å². The third-order valence-corrected chi connectivity index (χ3v) is 4.84. The SMILES string of the molecule is Cc1ccccc1C(=O)NC(CC(C)C)C(=O)NCC1(O)CCCC1. The monoisotopic (exact) mass is 346 g/mol. The highest BCUT2D eigenvalue weighted by molar-refractivity contribution is 5.98. The molecule has 1 aromatic carbocycles. The molecule has 1 aliphatic carbocycles. The molecule has 2 rings (SSSR count). The van der Waals surface area contributed by atoms with E-state index in [1.165, 1.54) is 0 Å². The van der Waals surface area contributed by atoms with Crippen LogP contribution in [0.2, 0.25) is 0 Å². The lowest BCUT2D eigenvalue weighted by Crippen LogP contribution is -2.51. The number of carbonyl (C=O) groups is 2. The molecule has 2 amide bonds. The van der Waals surface area contributed by atoms with E-state index in [0.717, 1.165) is 31.2 Å². The molecular weight excluding hydrogens is 316 g/mol. The van der Waals surface area contributed by atoms with Crippen LogP contribution in [0.4, 0.5) is 0 Å². The quantitative estimate of drug-likeness (QED) is 0.710. The lowest BCUT2D eigenvalue weighted by Gasteiger charge is -2.25. The van der Waals surface area contributed by atoms with Crippen molar-refractivity contribution >= 4 is 11.8 Å². The van der Waals surface area contributed by atoms with Crippen molar-refractivity contribution in [1.29, 1.82) is 0 Å². The standard InChI is InChI=1S/C20H30N2O3/c1-14(2)12-17(19(24)21-13-20(25)10-6-7-11-20)22-18(23)16-9-5-4-8-15(16)3/h4-5,8-9,14,17,25H,6-7,10-13H2,1-3H3,(H,21,24)(H,22,23). The molecule has 0 aliphatic heterocycles. The van der Waals surface area contributed by atoms with Gasteiger partial charge in [-0.3, -0.25) is 9.59 Å². The van der Waals surface area contributed by atoms with Gasteiger partial charge in [0, 0.05) is 12.1 Å². The van der Waals surface area contributed by atoms with Gasteiger partial charge in [-0.15, -0.1) is 0 Å². The van der Waals surface area contributed by atoms with E-state index in [9.17, 15) is 14.7 Å². The molecule has 0 heterocycles. The van der Waals surface area contributed by atoms with Gasteiger partial charge in [-0.1, -0.05) is 44.9 Å². The first kappa shape index (κ1) is 19.4. The van der Waals surface area contributed by atoms with Crippen LogP contribution in [-0.4, -0.2) is 35.1 Å². The highest BCUT2D eigenvalue weighted by atomic mass is 16.3. The van der Waals surface area contributed by atoms with E-state index in [0.29, 0.717) is 12.0 Å². The second kappa shape index (κ2) is 8.48. The molecule has 0 saturated heterocycles. The Balaban J connectivity index is 2.01. The molecular formula is C20H30N2O3. The molecule has 1 unspecified atom stereocenters. The molecule has 1 aliphatic rings. The number of hydrogen-bond donors (Lipinski definition) is 3. The average molecular weight is 346 g/mol. The summed E-state index contributed by atoms with van der Waals surface area (Å²) in [5.41, 5.74) is 0.667. The molecule has 25 heavy (non-hydrogen) atoms. The van der Waals surface area contributed by atoms with E-state index in [2.05, 4.69) is 10.6 Å². The summed E-state index contributed by atoms with van der Waals surface area (Å²) in [6.45, 7) is 6.16. The fourth-order valence-corrected chi connectivity index (χ4v) is 3.35. The van der Waals surface area contributed by atoms with Crippen molar-refractivity contribution in [1.82, 2.24) is 10.6 Å². The number of benzene rings is 1. The molecule has 1 aromatic rings. The summed E-state index contributed by atoms with van der Waals surface area (Å²) in [7, 11) is 0. The number of rotatable bonds is 7. The van der Waals surface area contributed by atoms with E-state index in [-0.39, 0.29) is 24.3 Å². The zero-order chi connectivity index (χ0) is 18.4. The smallest absolute Gasteiger partial charge is 0.252 e. The maximum absolute atomic E-state index is 12.6. The number of nitrogens with one attached hydrogen (secondary N) is 2. The lowest BCUT2D eigenvalue weighted by molar-refractivity contribution is -0.124. The Morgan fingerprint density at radius 2 is 1.84 bits per heavy atom. The minimum atomic E-state index is -0.794. The maximum Gasteiger partial charge on any atom is 0.252 e. The van der Waals surface area contributed by atoms with Gasteiger partial charge in [-0.25, -0.2) is 0 Å². The summed E-state index contributed by atoms with van der Waals surface area (Å²) in [5, 5.41) is 16.1. The van der Waals surface area contributed by atoms with Crippen molar-refractivity contribution in [3.05, 3.63) is 35.4 Å². The second-order valence-corrected chi connectivity index (χ2v) is 7.62. The van der Waals surface area contributed by atoms with Gasteiger partial charge in [0.1, 0.15) is 6.04 Å². The molecule has 1 saturated carbocycles. The Kier molecular flexibility index (Phi) is 6.59. The van der Waals surface area contributed by atoms with Gasteiger partial charge in [-0.2, -0.15) is 0 Å². The summed E-state index contributed by atoms with van der Waals surface area (Å²) in [6.07, 6.45) is 3.98. The Hall–Kier alpha value is -1.88. The largest absolute Gasteiger partial charge is 0.388 e. The number of hydrogen-bond acceptors (Lipinski definition) is 3. The second-order valence-electron chi connectivity index (χ2n) is 7.62. The van der Waals surface area contributed by atoms with Gasteiger partial charge >= 0.3 is 0 Å². The molecule has 0 spiro atoms. The Bertz CT molecular complexity index is 607. The molecule has 0 aromatic heterocycles. The number of amides is 2. The number of carbonyl (C=O) groups excluding carboxylic acids is 2. The first-order chi connectivity index (χ1) is 11.8. The van der Waals surface area contributed by atoms with Gasteiger partial charge in [0.05, 0.1) is 5.60 Å². The van der Waals surface area contributed by atoms with Crippen LogP contribution >= 0.6 is 0 Å². The van der Waals surface area contributed by atoms with Crippen LogP contribution in [0.25, 0.3) is 0 Å². The van der Waals surface area contributed by atoms with Crippen molar-refractivity contribution in [2.45, 2.75) is 64.5 Å². The summed E-state index contributed by atoms with van der Waals surface area (Å²) < 4.78 is 0. The summed E-state index contributed by atoms with van der Waals surface area (Å²) in [5.74, 6) is -0.197. The average Bonchev–Trinajstić information content (AvgIpc) is 2.99. The summed E-state index contributed by atoms with van der Waals surface area (Å²) >= 11 is 0. The fraction of sp³-hybridized carbons (Fsp3) is 0.600. The van der Waals surface area contributed by atoms with Crippen LogP contribution in [-0.2, 0) is 4.79 Å². The van der Waals surface area contributed by atoms with Crippen LogP contribution in [0, 0.1) is 12.8 Å². The zero-order valence-corrected chi connectivity index (χ0v) is 15.5. The van der Waals surface area contributed by atoms with Crippen LogP contribution < -0.4 is 10.6 Å². The molecule has 0 bridgehead atoms. The zero-order valence-electron chi connectivity index (χ0n) is 15.5. The Morgan fingerprint density at radius 1 is 1.20 bits per heavy atom. The van der Waals surface area contributed by atoms with E-state index in [1.54, 1.807) is 6.07 Å². The third kappa shape index (κ3) is 5.56. The van der Waals surface area contributed by atoms with Crippen molar-refractivity contribution in [2.75, 3.05) is 6.54 Å². The first-order valence-corrected chi connectivity index (χ1v) is 9.17. The van der Waals surface area contributed by atoms with Crippen molar-refractivity contribution in [3.8, 4) is 0 Å². The Labute approximate surface area is 150 Å². The lowest BCUT2D eigenvalue weighted by atomic mass is 10.00. The van der Waals surface area contributed by atoms with E-state index in [1.807, 2.05) is 39.0 Å². The van der Waals surface area contributed by atoms with Crippen molar-refractivity contribution in [3.63, 3.8) is 0 Å². The van der Waals surface area contributed by atoms with Crippen LogP contribution in [0.3, 0.4) is 0 Å². The number of aryl methyl sites for hydroxylation is 1. The summed E-state index contributed by atoms with van der Waals surface area (Å²) in [4.78, 5) is 25.1. The van der Waals surface area contributed by atoms with Gasteiger partial charge in [0.15, 0.2) is 0 Å². The highest BCUT2D eigenvalue weighted by Crippen LogP contribution is 2.28. The minimum absolute atomic E-state index is 0.226. The van der Waals surface area contributed by atoms with Crippen LogP contribution in [0.1, 0.15) is 61.9 Å². The minimum Gasteiger partial charge on any atom is -0.388 e.